The molecule has 1 fully saturated rings. The smallest absolute Gasteiger partial charge is 0.409 e. The van der Waals surface area contributed by atoms with Crippen molar-refractivity contribution in [3.63, 3.8) is 0 Å². The van der Waals surface area contributed by atoms with Crippen molar-refractivity contribution >= 4 is 6.09 Å². The van der Waals surface area contributed by atoms with E-state index in [1.54, 1.807) is 0 Å². The molecule has 1 aromatic carbocycles. The Bertz CT molecular complexity index is 350. The molecule has 86 valence electrons. The molecule has 1 aromatic rings. The molecule has 0 radical (unpaired) electrons. The zero-order valence-corrected chi connectivity index (χ0v) is 9.56. The SMILES string of the molecule is COC(=O)N1CCCC1Cc1ccccc1. The van der Waals surface area contributed by atoms with Crippen molar-refractivity contribution in [1.29, 1.82) is 0 Å². The number of carbonyl (C=O) groups is 1. The molecular weight excluding hydrogens is 202 g/mol. The number of hydrogen-bond acceptors (Lipinski definition) is 2. The summed E-state index contributed by atoms with van der Waals surface area (Å²) in [6, 6.07) is 10.6. The van der Waals surface area contributed by atoms with Crippen LogP contribution >= 0.6 is 0 Å². The summed E-state index contributed by atoms with van der Waals surface area (Å²) in [5.74, 6) is 0. The first-order valence-electron chi connectivity index (χ1n) is 5.70. The number of likely N-dealkylation sites (tertiary alicyclic amines) is 1. The van der Waals surface area contributed by atoms with Crippen LogP contribution in [-0.2, 0) is 11.2 Å². The van der Waals surface area contributed by atoms with Gasteiger partial charge in [-0.3, -0.25) is 0 Å². The lowest BCUT2D eigenvalue weighted by atomic mass is 10.0. The van der Waals surface area contributed by atoms with Crippen LogP contribution in [0.5, 0.6) is 0 Å². The summed E-state index contributed by atoms with van der Waals surface area (Å²) in [5, 5.41) is 0. The first-order chi connectivity index (χ1) is 7.81. The minimum atomic E-state index is -0.196. The second-order valence-electron chi connectivity index (χ2n) is 4.15. The summed E-state index contributed by atoms with van der Waals surface area (Å²) in [6.07, 6.45) is 2.88. The maximum Gasteiger partial charge on any atom is 0.409 e. The number of hydrogen-bond donors (Lipinski definition) is 0. The maximum absolute atomic E-state index is 11.5. The van der Waals surface area contributed by atoms with Gasteiger partial charge in [-0.2, -0.15) is 0 Å². The third-order valence-corrected chi connectivity index (χ3v) is 3.10. The Morgan fingerprint density at radius 3 is 2.88 bits per heavy atom. The average Bonchev–Trinajstić information content (AvgIpc) is 2.77. The van der Waals surface area contributed by atoms with Crippen molar-refractivity contribution in [3.05, 3.63) is 35.9 Å². The quantitative estimate of drug-likeness (QED) is 0.764. The molecule has 1 aliphatic rings. The fourth-order valence-corrected chi connectivity index (χ4v) is 2.29. The Hall–Kier alpha value is -1.51. The second kappa shape index (κ2) is 5.01. The van der Waals surface area contributed by atoms with Gasteiger partial charge in [0.25, 0.3) is 0 Å². The largest absolute Gasteiger partial charge is 0.453 e. The fraction of sp³-hybridized carbons (Fsp3) is 0.462. The van der Waals surface area contributed by atoms with E-state index in [-0.39, 0.29) is 6.09 Å². The lowest BCUT2D eigenvalue weighted by Crippen LogP contribution is -2.36. The molecule has 0 saturated carbocycles. The molecule has 3 nitrogen and oxygen atoms in total. The minimum absolute atomic E-state index is 0.196. The Labute approximate surface area is 96.0 Å². The molecule has 0 aromatic heterocycles. The van der Waals surface area contributed by atoms with E-state index in [1.165, 1.54) is 12.7 Å². The molecule has 16 heavy (non-hydrogen) atoms. The molecule has 2 rings (SSSR count). The first-order valence-corrected chi connectivity index (χ1v) is 5.70. The van der Waals surface area contributed by atoms with Crippen molar-refractivity contribution in [1.82, 2.24) is 4.90 Å². The molecule has 1 atom stereocenters. The Kier molecular flexibility index (Phi) is 3.44. The molecule has 0 spiro atoms. The van der Waals surface area contributed by atoms with Crippen LogP contribution in [0.1, 0.15) is 18.4 Å². The zero-order chi connectivity index (χ0) is 11.4. The van der Waals surface area contributed by atoms with Gasteiger partial charge in [-0.25, -0.2) is 4.79 Å². The summed E-state index contributed by atoms with van der Waals surface area (Å²) in [5.41, 5.74) is 1.28. The van der Waals surface area contributed by atoms with Crippen molar-refractivity contribution < 1.29 is 9.53 Å². The van der Waals surface area contributed by atoms with Gasteiger partial charge in [-0.1, -0.05) is 30.3 Å². The lowest BCUT2D eigenvalue weighted by molar-refractivity contribution is 0.119. The van der Waals surface area contributed by atoms with E-state index < -0.39 is 0 Å². The predicted octanol–water partition coefficient (Wildman–Crippen LogP) is 2.46. The third-order valence-electron chi connectivity index (χ3n) is 3.10. The van der Waals surface area contributed by atoms with E-state index in [9.17, 15) is 4.79 Å². The number of amides is 1. The monoisotopic (exact) mass is 219 g/mol. The first kappa shape index (κ1) is 11.0. The van der Waals surface area contributed by atoms with Gasteiger partial charge in [-0.15, -0.1) is 0 Å². The minimum Gasteiger partial charge on any atom is -0.453 e. The molecule has 1 aliphatic heterocycles. The molecule has 1 saturated heterocycles. The summed E-state index contributed by atoms with van der Waals surface area (Å²) in [4.78, 5) is 13.4. The highest BCUT2D eigenvalue weighted by atomic mass is 16.5. The molecule has 1 heterocycles. The van der Waals surface area contributed by atoms with Gasteiger partial charge in [0, 0.05) is 12.6 Å². The number of nitrogens with zero attached hydrogens (tertiary/aromatic N) is 1. The van der Waals surface area contributed by atoms with Crippen LogP contribution in [0.15, 0.2) is 30.3 Å². The fourth-order valence-electron chi connectivity index (χ4n) is 2.29. The van der Waals surface area contributed by atoms with Crippen LogP contribution < -0.4 is 0 Å². The van der Waals surface area contributed by atoms with Crippen molar-refractivity contribution in [3.8, 4) is 0 Å². The van der Waals surface area contributed by atoms with Crippen LogP contribution in [0.25, 0.3) is 0 Å². The topological polar surface area (TPSA) is 29.5 Å². The van der Waals surface area contributed by atoms with Crippen LogP contribution in [-0.4, -0.2) is 30.7 Å². The highest BCUT2D eigenvalue weighted by Gasteiger charge is 2.29. The average molecular weight is 219 g/mol. The molecule has 0 aliphatic carbocycles. The Morgan fingerprint density at radius 2 is 2.19 bits per heavy atom. The van der Waals surface area contributed by atoms with Gasteiger partial charge in [0.1, 0.15) is 0 Å². The Balaban J connectivity index is 2.01. The highest BCUT2D eigenvalue weighted by Crippen LogP contribution is 2.21. The van der Waals surface area contributed by atoms with E-state index >= 15 is 0 Å². The highest BCUT2D eigenvalue weighted by molar-refractivity contribution is 5.68. The second-order valence-corrected chi connectivity index (χ2v) is 4.15. The standard InChI is InChI=1S/C13H17NO2/c1-16-13(15)14-9-5-8-12(14)10-11-6-3-2-4-7-11/h2-4,6-7,12H,5,8-10H2,1H3. The van der Waals surface area contributed by atoms with E-state index in [2.05, 4.69) is 12.1 Å². The molecule has 1 amide bonds. The van der Waals surface area contributed by atoms with Gasteiger partial charge in [0.05, 0.1) is 7.11 Å². The number of rotatable bonds is 2. The molecule has 1 unspecified atom stereocenters. The van der Waals surface area contributed by atoms with E-state index in [0.29, 0.717) is 6.04 Å². The number of benzene rings is 1. The Morgan fingerprint density at radius 1 is 1.44 bits per heavy atom. The van der Waals surface area contributed by atoms with Crippen LogP contribution in [0.2, 0.25) is 0 Å². The molecular formula is C13H17NO2. The van der Waals surface area contributed by atoms with Gasteiger partial charge in [0.2, 0.25) is 0 Å². The maximum atomic E-state index is 11.5. The number of ether oxygens (including phenoxy) is 1. The van der Waals surface area contributed by atoms with E-state index in [0.717, 1.165) is 25.8 Å². The number of methoxy groups -OCH3 is 1. The third kappa shape index (κ3) is 2.35. The zero-order valence-electron chi connectivity index (χ0n) is 9.56. The molecule has 3 heteroatoms. The summed E-state index contributed by atoms with van der Waals surface area (Å²) < 4.78 is 4.79. The lowest BCUT2D eigenvalue weighted by Gasteiger charge is -2.23. The van der Waals surface area contributed by atoms with Gasteiger partial charge >= 0.3 is 6.09 Å². The predicted molar refractivity (Wildman–Crippen MR) is 62.3 cm³/mol. The van der Waals surface area contributed by atoms with E-state index in [1.807, 2.05) is 23.1 Å². The van der Waals surface area contributed by atoms with Gasteiger partial charge in [-0.05, 0) is 24.8 Å². The van der Waals surface area contributed by atoms with E-state index in [4.69, 9.17) is 4.74 Å². The van der Waals surface area contributed by atoms with Crippen LogP contribution in [0, 0.1) is 0 Å². The summed E-state index contributed by atoms with van der Waals surface area (Å²) in [7, 11) is 1.44. The van der Waals surface area contributed by atoms with Gasteiger partial charge < -0.3 is 9.64 Å². The number of carbonyl (C=O) groups excluding carboxylic acids is 1. The summed E-state index contributed by atoms with van der Waals surface area (Å²) >= 11 is 0. The van der Waals surface area contributed by atoms with Crippen molar-refractivity contribution in [2.45, 2.75) is 25.3 Å². The normalized spacial score (nSPS) is 19.8. The van der Waals surface area contributed by atoms with Gasteiger partial charge in [0.15, 0.2) is 0 Å². The summed E-state index contributed by atoms with van der Waals surface area (Å²) in [6.45, 7) is 0.824. The molecule has 0 N–H and O–H groups in total. The van der Waals surface area contributed by atoms with Crippen molar-refractivity contribution in [2.75, 3.05) is 13.7 Å². The van der Waals surface area contributed by atoms with Crippen LogP contribution in [0.3, 0.4) is 0 Å². The molecule has 0 bridgehead atoms. The van der Waals surface area contributed by atoms with Crippen LogP contribution in [0.4, 0.5) is 4.79 Å². The van der Waals surface area contributed by atoms with Crippen molar-refractivity contribution in [2.24, 2.45) is 0 Å².